The molecule has 8 heteroatoms. The van der Waals surface area contributed by atoms with Crippen molar-refractivity contribution in [3.63, 3.8) is 0 Å². The van der Waals surface area contributed by atoms with Gasteiger partial charge in [0, 0.05) is 13.1 Å². The molecule has 0 bridgehead atoms. The van der Waals surface area contributed by atoms with Gasteiger partial charge < -0.3 is 5.32 Å². The molecule has 1 N–H and O–H groups in total. The molecule has 0 radical (unpaired) electrons. The van der Waals surface area contributed by atoms with Crippen LogP contribution in [0.5, 0.6) is 0 Å². The zero-order valence-electron chi connectivity index (χ0n) is 14.7. The van der Waals surface area contributed by atoms with Gasteiger partial charge in [-0.05, 0) is 40.2 Å². The first-order valence-electron chi connectivity index (χ1n) is 8.36. The van der Waals surface area contributed by atoms with Gasteiger partial charge in [0.1, 0.15) is 12.7 Å². The van der Waals surface area contributed by atoms with Crippen LogP contribution in [0.1, 0.15) is 31.2 Å². The number of hydrogen-bond acceptors (Lipinski definition) is 5. The largest absolute Gasteiger partial charge is 0.322 e. The number of hydrogen-bond donors (Lipinski definition) is 1. The second-order valence-electron chi connectivity index (χ2n) is 6.49. The summed E-state index contributed by atoms with van der Waals surface area (Å²) in [5, 5.41) is 11.6. The van der Waals surface area contributed by atoms with Crippen molar-refractivity contribution >= 4 is 11.6 Å². The van der Waals surface area contributed by atoms with Crippen molar-refractivity contribution in [3.8, 4) is 0 Å². The van der Waals surface area contributed by atoms with Gasteiger partial charge in [-0.3, -0.25) is 19.1 Å². The molecule has 0 aliphatic carbocycles. The number of amides is 1. The summed E-state index contributed by atoms with van der Waals surface area (Å²) in [7, 11) is 1.88. The van der Waals surface area contributed by atoms with Crippen LogP contribution in [-0.2, 0) is 18.4 Å². The molecule has 8 nitrogen and oxygen atoms in total. The fraction of sp³-hybridized carbons (Fsp3) is 0.625. The van der Waals surface area contributed by atoms with Crippen LogP contribution in [-0.4, -0.2) is 54.0 Å². The molecule has 24 heavy (non-hydrogen) atoms. The number of rotatable bonds is 5. The van der Waals surface area contributed by atoms with E-state index in [2.05, 4.69) is 25.4 Å². The van der Waals surface area contributed by atoms with Crippen LogP contribution in [0.2, 0.25) is 0 Å². The van der Waals surface area contributed by atoms with Crippen molar-refractivity contribution in [2.24, 2.45) is 7.05 Å². The van der Waals surface area contributed by atoms with E-state index in [1.165, 1.54) is 0 Å². The van der Waals surface area contributed by atoms with Crippen LogP contribution < -0.4 is 5.32 Å². The van der Waals surface area contributed by atoms with Gasteiger partial charge in [0.15, 0.2) is 0 Å². The van der Waals surface area contributed by atoms with Crippen LogP contribution in [0.15, 0.2) is 12.7 Å². The van der Waals surface area contributed by atoms with Crippen molar-refractivity contribution in [1.29, 1.82) is 0 Å². The van der Waals surface area contributed by atoms with Gasteiger partial charge in [-0.25, -0.2) is 4.98 Å². The van der Waals surface area contributed by atoms with E-state index in [0.29, 0.717) is 6.04 Å². The number of likely N-dealkylation sites (tertiary alicyclic amines) is 1. The maximum atomic E-state index is 12.7. The Kier molecular flexibility index (Phi) is 4.66. The SMILES string of the molecule is Cc1nn(C)c(C)c1NC(=O)[C@H](C)N1CCC[C@@H]1Cn1cncn1. The Labute approximate surface area is 141 Å². The van der Waals surface area contributed by atoms with Crippen LogP contribution in [0, 0.1) is 13.8 Å². The van der Waals surface area contributed by atoms with E-state index >= 15 is 0 Å². The summed E-state index contributed by atoms with van der Waals surface area (Å²) in [6, 6.07) is 0.114. The Balaban J connectivity index is 1.68. The number of aromatic nitrogens is 5. The first-order valence-corrected chi connectivity index (χ1v) is 8.36. The Bertz CT molecular complexity index is 706. The zero-order chi connectivity index (χ0) is 17.3. The molecule has 1 fully saturated rings. The Hall–Kier alpha value is -2.22. The van der Waals surface area contributed by atoms with Crippen molar-refractivity contribution in [1.82, 2.24) is 29.4 Å². The molecule has 3 rings (SSSR count). The van der Waals surface area contributed by atoms with Gasteiger partial charge in [-0.15, -0.1) is 0 Å². The molecule has 2 aromatic heterocycles. The van der Waals surface area contributed by atoms with Crippen LogP contribution in [0.4, 0.5) is 5.69 Å². The van der Waals surface area contributed by atoms with Gasteiger partial charge in [0.25, 0.3) is 0 Å². The number of nitrogens with one attached hydrogen (secondary N) is 1. The van der Waals surface area contributed by atoms with Gasteiger partial charge in [0.05, 0.1) is 29.7 Å². The predicted octanol–water partition coefficient (Wildman–Crippen LogP) is 1.12. The maximum Gasteiger partial charge on any atom is 0.241 e. The number of carbonyl (C=O) groups is 1. The third-order valence-corrected chi connectivity index (χ3v) is 4.92. The topological polar surface area (TPSA) is 80.9 Å². The zero-order valence-corrected chi connectivity index (χ0v) is 14.7. The minimum atomic E-state index is -0.194. The fourth-order valence-electron chi connectivity index (χ4n) is 3.44. The minimum Gasteiger partial charge on any atom is -0.322 e. The third kappa shape index (κ3) is 3.19. The normalized spacial score (nSPS) is 19.6. The molecule has 0 unspecified atom stereocenters. The van der Waals surface area contributed by atoms with Gasteiger partial charge in [-0.1, -0.05) is 0 Å². The second kappa shape index (κ2) is 6.72. The van der Waals surface area contributed by atoms with Crippen molar-refractivity contribution in [2.75, 3.05) is 11.9 Å². The average Bonchev–Trinajstić information content (AvgIpc) is 3.26. The summed E-state index contributed by atoms with van der Waals surface area (Å²) in [5.41, 5.74) is 2.63. The van der Waals surface area contributed by atoms with Gasteiger partial charge >= 0.3 is 0 Å². The van der Waals surface area contributed by atoms with Crippen molar-refractivity contribution < 1.29 is 4.79 Å². The summed E-state index contributed by atoms with van der Waals surface area (Å²) in [6.45, 7) is 7.54. The van der Waals surface area contributed by atoms with Crippen LogP contribution >= 0.6 is 0 Å². The van der Waals surface area contributed by atoms with Gasteiger partial charge in [0.2, 0.25) is 5.91 Å². The molecular formula is C16H25N7O. The Morgan fingerprint density at radius 1 is 1.46 bits per heavy atom. The summed E-state index contributed by atoms with van der Waals surface area (Å²) >= 11 is 0. The molecule has 1 saturated heterocycles. The lowest BCUT2D eigenvalue weighted by molar-refractivity contribution is -0.121. The molecule has 0 aromatic carbocycles. The minimum absolute atomic E-state index is 0.0136. The van der Waals surface area contributed by atoms with E-state index in [1.54, 1.807) is 17.3 Å². The first kappa shape index (κ1) is 16.6. The number of nitrogens with zero attached hydrogens (tertiary/aromatic N) is 6. The number of aryl methyl sites for hydroxylation is 2. The summed E-state index contributed by atoms with van der Waals surface area (Å²) in [5.74, 6) is 0.0136. The third-order valence-electron chi connectivity index (χ3n) is 4.92. The van der Waals surface area contributed by atoms with Crippen LogP contribution in [0.25, 0.3) is 0 Å². The molecule has 1 aliphatic heterocycles. The molecule has 2 atom stereocenters. The molecule has 1 amide bonds. The smallest absolute Gasteiger partial charge is 0.241 e. The van der Waals surface area contributed by atoms with E-state index in [4.69, 9.17) is 0 Å². The van der Waals surface area contributed by atoms with Crippen molar-refractivity contribution in [2.45, 2.75) is 52.2 Å². The highest BCUT2D eigenvalue weighted by Crippen LogP contribution is 2.23. The lowest BCUT2D eigenvalue weighted by Crippen LogP contribution is -2.46. The highest BCUT2D eigenvalue weighted by molar-refractivity contribution is 5.95. The highest BCUT2D eigenvalue weighted by atomic mass is 16.2. The monoisotopic (exact) mass is 331 g/mol. The Morgan fingerprint density at radius 3 is 2.88 bits per heavy atom. The standard InChI is InChI=1S/C16H25N7O/c1-11-15(12(2)21(4)20-11)19-16(24)13(3)23-7-5-6-14(23)8-22-10-17-9-18-22/h9-10,13-14H,5-8H2,1-4H3,(H,19,24)/t13-,14+/m0/s1. The fourth-order valence-corrected chi connectivity index (χ4v) is 3.44. The molecule has 130 valence electrons. The predicted molar refractivity (Wildman–Crippen MR) is 90.5 cm³/mol. The van der Waals surface area contributed by atoms with Crippen molar-refractivity contribution in [3.05, 3.63) is 24.0 Å². The molecule has 0 spiro atoms. The molecule has 1 aliphatic rings. The van der Waals surface area contributed by atoms with E-state index in [-0.39, 0.29) is 11.9 Å². The van der Waals surface area contributed by atoms with Crippen LogP contribution in [0.3, 0.4) is 0 Å². The van der Waals surface area contributed by atoms with Gasteiger partial charge in [-0.2, -0.15) is 10.2 Å². The average molecular weight is 331 g/mol. The maximum absolute atomic E-state index is 12.7. The lowest BCUT2D eigenvalue weighted by atomic mass is 10.2. The molecule has 2 aromatic rings. The molecular weight excluding hydrogens is 306 g/mol. The van der Waals surface area contributed by atoms with E-state index < -0.39 is 0 Å². The summed E-state index contributed by atoms with van der Waals surface area (Å²) in [6.07, 6.45) is 5.44. The van der Waals surface area contributed by atoms with E-state index in [9.17, 15) is 4.79 Å². The van der Waals surface area contributed by atoms with E-state index in [1.807, 2.05) is 32.5 Å². The first-order chi connectivity index (χ1) is 11.5. The second-order valence-corrected chi connectivity index (χ2v) is 6.49. The number of anilines is 1. The number of carbonyl (C=O) groups excluding carboxylic acids is 1. The van der Waals surface area contributed by atoms with E-state index in [0.717, 1.165) is 43.0 Å². The Morgan fingerprint density at radius 2 is 2.25 bits per heavy atom. The highest BCUT2D eigenvalue weighted by Gasteiger charge is 2.32. The molecule has 3 heterocycles. The lowest BCUT2D eigenvalue weighted by Gasteiger charge is -2.29. The quantitative estimate of drug-likeness (QED) is 0.888. The summed E-state index contributed by atoms with van der Waals surface area (Å²) < 4.78 is 3.63. The molecule has 0 saturated carbocycles. The summed E-state index contributed by atoms with van der Waals surface area (Å²) in [4.78, 5) is 19.0.